The van der Waals surface area contributed by atoms with Crippen LogP contribution in [-0.4, -0.2) is 11.8 Å². The van der Waals surface area contributed by atoms with Crippen LogP contribution in [0.5, 0.6) is 0 Å². The van der Waals surface area contributed by atoms with Crippen LogP contribution in [0.1, 0.15) is 63.4 Å². The molecule has 0 spiro atoms. The summed E-state index contributed by atoms with van der Waals surface area (Å²) in [6, 6.07) is 8.09. The number of carbonyl (C=O) groups excluding carboxylic acids is 1. The van der Waals surface area contributed by atoms with Crippen LogP contribution in [0.2, 0.25) is 13.1 Å². The van der Waals surface area contributed by atoms with Crippen molar-refractivity contribution in [1.82, 2.24) is 3.26 Å². The van der Waals surface area contributed by atoms with Crippen molar-refractivity contribution in [3.05, 3.63) is 55.4 Å². The molecule has 0 heterocycles. The van der Waals surface area contributed by atoms with Crippen LogP contribution < -0.4 is 28.1 Å². The fourth-order valence-electron chi connectivity index (χ4n) is 3.72. The molecule has 1 amide bonds. The smallest absolute Gasteiger partial charge is 1.00 e. The Morgan fingerprint density at radius 1 is 1.07 bits per heavy atom. The third-order valence-electron chi connectivity index (χ3n) is 5.58. The fourth-order valence-corrected chi connectivity index (χ4v) is 19.3. The van der Waals surface area contributed by atoms with E-state index in [1.807, 2.05) is 18.2 Å². The molecule has 1 aliphatic carbocycles. The minimum Gasteiger partial charge on any atom is -1.00 e. The van der Waals surface area contributed by atoms with Crippen LogP contribution in [0, 0.1) is 5.92 Å². The van der Waals surface area contributed by atoms with Crippen LogP contribution in [0.4, 0.5) is 0 Å². The van der Waals surface area contributed by atoms with Gasteiger partial charge in [-0.15, -0.1) is 0 Å². The predicted octanol–water partition coefficient (Wildman–Crippen LogP) is -0.675. The monoisotopic (exact) mass is 502 g/mol. The molecule has 1 aromatic rings. The molecule has 0 bridgehead atoms. The van der Waals surface area contributed by atoms with E-state index in [9.17, 15) is 4.79 Å². The van der Waals surface area contributed by atoms with Gasteiger partial charge in [0.2, 0.25) is 0 Å². The molecular formula is C21H32Cl2NOSiZr. The summed E-state index contributed by atoms with van der Waals surface area (Å²) in [6.07, 6.45) is 0. The number of rotatable bonds is 5. The van der Waals surface area contributed by atoms with Crippen molar-refractivity contribution in [2.45, 2.75) is 60.6 Å². The van der Waals surface area contributed by atoms with E-state index >= 15 is 0 Å². The summed E-state index contributed by atoms with van der Waals surface area (Å²) in [7, 11) is 0. The molecule has 0 radical (unpaired) electrons. The van der Waals surface area contributed by atoms with Crippen LogP contribution in [-0.2, 0) is 21.2 Å². The first-order valence-electron chi connectivity index (χ1n) is 9.32. The second kappa shape index (κ2) is 11.1. The Hall–Kier alpha value is -0.150. The van der Waals surface area contributed by atoms with E-state index in [1.54, 1.807) is 3.28 Å². The maximum atomic E-state index is 13.1. The Kier molecular flexibility index (Phi) is 11.1. The van der Waals surface area contributed by atoms with Gasteiger partial charge >= 0.3 is 163 Å². The second-order valence-electron chi connectivity index (χ2n) is 7.83. The van der Waals surface area contributed by atoms with Gasteiger partial charge < -0.3 is 24.8 Å². The Labute approximate surface area is 186 Å². The molecule has 2 nitrogen and oxygen atoms in total. The molecule has 1 N–H and O–H groups in total. The number of hydrogen-bond donors (Lipinski definition) is 1. The van der Waals surface area contributed by atoms with Crippen LogP contribution in [0.3, 0.4) is 0 Å². The molecular weight excluding hydrogens is 472 g/mol. The van der Waals surface area contributed by atoms with Gasteiger partial charge in [0.05, 0.1) is 0 Å². The van der Waals surface area contributed by atoms with Crippen LogP contribution in [0.25, 0.3) is 0 Å². The molecule has 0 aromatic heterocycles. The van der Waals surface area contributed by atoms with Gasteiger partial charge in [-0.25, -0.2) is 0 Å². The molecule has 6 heteroatoms. The Morgan fingerprint density at radius 2 is 1.63 bits per heavy atom. The van der Waals surface area contributed by atoms with E-state index in [0.717, 1.165) is 11.1 Å². The molecule has 1 aliphatic rings. The minimum atomic E-state index is -2.14. The molecule has 0 saturated heterocycles. The molecule has 1 atom stereocenters. The van der Waals surface area contributed by atoms with Crippen molar-refractivity contribution in [3.8, 4) is 0 Å². The maximum absolute atomic E-state index is 13.1. The van der Waals surface area contributed by atoms with E-state index in [-0.39, 0.29) is 30.7 Å². The third-order valence-corrected chi connectivity index (χ3v) is 22.6. The van der Waals surface area contributed by atoms with Gasteiger partial charge in [-0.1, -0.05) is 0 Å². The number of benzene rings is 1. The summed E-state index contributed by atoms with van der Waals surface area (Å²) in [6.45, 7) is 18.2. The number of hydrogen-bond acceptors (Lipinski definition) is 1. The second-order valence-corrected chi connectivity index (χ2v) is 26.0. The van der Waals surface area contributed by atoms with Crippen LogP contribution >= 0.6 is 0 Å². The zero-order chi connectivity index (χ0) is 18.9. The number of amides is 1. The average molecular weight is 505 g/mol. The largest absolute Gasteiger partial charge is 1.00 e. The van der Waals surface area contributed by atoms with E-state index < -0.39 is 27.1 Å². The van der Waals surface area contributed by atoms with Crippen molar-refractivity contribution < 1.29 is 50.8 Å². The number of allylic oxidation sites excluding steroid dienone is 4. The molecule has 1 aromatic carbocycles. The summed E-state index contributed by atoms with van der Waals surface area (Å²) in [4.78, 5) is 13.1. The molecule has 0 saturated carbocycles. The first kappa shape index (κ1) is 26.9. The zero-order valence-corrected chi connectivity index (χ0v) is 22.8. The summed E-state index contributed by atoms with van der Waals surface area (Å²) in [5, 5.41) is 0. The molecule has 2 rings (SSSR count). The van der Waals surface area contributed by atoms with Gasteiger partial charge in [0.25, 0.3) is 0 Å². The average Bonchev–Trinajstić information content (AvgIpc) is 2.76. The quantitative estimate of drug-likeness (QED) is 0.530. The normalized spacial score (nSPS) is 16.4. The van der Waals surface area contributed by atoms with Gasteiger partial charge in [-0.2, -0.15) is 0 Å². The fraction of sp³-hybridized carbons (Fsp3) is 0.476. The van der Waals surface area contributed by atoms with Gasteiger partial charge in [0.15, 0.2) is 0 Å². The molecule has 0 aliphatic heterocycles. The topological polar surface area (TPSA) is 29.1 Å². The molecule has 149 valence electrons. The Bertz CT molecular complexity index is 743. The summed E-state index contributed by atoms with van der Waals surface area (Å²) < 4.78 is 5.24. The van der Waals surface area contributed by atoms with Gasteiger partial charge in [0.1, 0.15) is 0 Å². The SMILES string of the molecule is CC1=C(C)C(C)[C]([Zr+2]([NH]C(=O)c2ccccc2C(C)C)[SiH](C)C)=C1C.[Cl-].[Cl-]. The Balaban J connectivity index is 0.00000338. The van der Waals surface area contributed by atoms with E-state index in [4.69, 9.17) is 0 Å². The van der Waals surface area contributed by atoms with Gasteiger partial charge in [-0.3, -0.25) is 0 Å². The summed E-state index contributed by atoms with van der Waals surface area (Å²) >= 11 is -2.14. The summed E-state index contributed by atoms with van der Waals surface area (Å²) in [5.74, 6) is 0.134. The predicted molar refractivity (Wildman–Crippen MR) is 107 cm³/mol. The first-order valence-corrected chi connectivity index (χ1v) is 18.9. The molecule has 0 fully saturated rings. The third kappa shape index (κ3) is 5.69. The zero-order valence-electron chi connectivity index (χ0n) is 17.7. The molecule has 27 heavy (non-hydrogen) atoms. The van der Waals surface area contributed by atoms with Crippen molar-refractivity contribution in [2.24, 2.45) is 5.92 Å². The van der Waals surface area contributed by atoms with Gasteiger partial charge in [0, 0.05) is 0 Å². The standard InChI is InChI=1S/C10H13NO.C9H13.C2H7Si.2ClH.Zr/c1-7(2)8-5-3-4-6-9(8)10(11)12;1-6-5-7(2)9(4)8(6)3;1-3-2;;;/h3-7H,1-2H3,(H2,11,12);6H,1-4H3;3H,1-2H3;2*1H;/q;;;;;+3/p-3. The van der Waals surface area contributed by atoms with E-state index in [2.05, 4.69) is 64.0 Å². The van der Waals surface area contributed by atoms with Gasteiger partial charge in [-0.05, 0) is 0 Å². The van der Waals surface area contributed by atoms with Crippen LogP contribution in [0.15, 0.2) is 44.3 Å². The number of halogens is 2. The number of carbonyl (C=O) groups is 1. The van der Waals surface area contributed by atoms with Crippen molar-refractivity contribution in [3.63, 3.8) is 0 Å². The van der Waals surface area contributed by atoms with E-state index in [0.29, 0.717) is 11.8 Å². The first-order chi connectivity index (χ1) is 11.7. The van der Waals surface area contributed by atoms with E-state index in [1.165, 1.54) is 16.7 Å². The molecule has 1 unspecified atom stereocenters. The van der Waals surface area contributed by atoms with Crippen molar-refractivity contribution >= 4 is 11.8 Å². The maximum Gasteiger partial charge on any atom is -1.00 e. The van der Waals surface area contributed by atoms with Crippen molar-refractivity contribution in [2.75, 3.05) is 0 Å². The summed E-state index contributed by atoms with van der Waals surface area (Å²) in [5.41, 5.74) is 6.45. The van der Waals surface area contributed by atoms with Crippen molar-refractivity contribution in [1.29, 1.82) is 0 Å². The number of nitrogens with one attached hydrogen (secondary N) is 1. The Morgan fingerprint density at radius 3 is 2.07 bits per heavy atom. The minimum absolute atomic E-state index is 0.